The van der Waals surface area contributed by atoms with E-state index in [2.05, 4.69) is 16.0 Å². The third-order valence-corrected chi connectivity index (χ3v) is 5.01. The molecule has 0 bridgehead atoms. The lowest BCUT2D eigenvalue weighted by Gasteiger charge is -2.47. The molecule has 0 aliphatic carbocycles. The number of amides is 1. The lowest BCUT2D eigenvalue weighted by Crippen LogP contribution is -2.72. The zero-order chi connectivity index (χ0) is 29.2. The Morgan fingerprint density at radius 3 is 2.11 bits per heavy atom. The first kappa shape index (κ1) is 32.2. The number of esters is 5. The van der Waals surface area contributed by atoms with E-state index in [1.807, 2.05) is 0 Å². The van der Waals surface area contributed by atoms with Crippen LogP contribution in [-0.2, 0) is 57.2 Å². The summed E-state index contributed by atoms with van der Waals surface area (Å²) in [4.78, 5) is 71.8. The van der Waals surface area contributed by atoms with Gasteiger partial charge in [0.2, 0.25) is 12.1 Å². The Balaban J connectivity index is 3.79. The Bertz CT molecular complexity index is 967. The van der Waals surface area contributed by atoms with E-state index in [4.69, 9.17) is 30.1 Å². The van der Waals surface area contributed by atoms with E-state index in [1.54, 1.807) is 0 Å². The van der Waals surface area contributed by atoms with Crippen molar-refractivity contribution >= 4 is 35.8 Å². The van der Waals surface area contributed by atoms with Gasteiger partial charge in [-0.15, -0.1) is 12.3 Å². The summed E-state index contributed by atoms with van der Waals surface area (Å²) >= 11 is 0. The van der Waals surface area contributed by atoms with Gasteiger partial charge in [0.25, 0.3) is 0 Å². The van der Waals surface area contributed by atoms with Crippen molar-refractivity contribution in [2.45, 2.75) is 83.0 Å². The number of nitrogens with one attached hydrogen (secondary N) is 1. The summed E-state index contributed by atoms with van der Waals surface area (Å²) in [6.07, 6.45) is -6.34. The molecular formula is C23H29F2NO12. The van der Waals surface area contributed by atoms with E-state index in [0.29, 0.717) is 0 Å². The topological polar surface area (TPSA) is 170 Å². The Kier molecular flexibility index (Phi) is 12.1. The first-order valence-electron chi connectivity index (χ1n) is 11.1. The maximum atomic E-state index is 15.8. The fraction of sp³-hybridized carbons (Fsp3) is 0.652. The molecule has 15 heteroatoms. The maximum absolute atomic E-state index is 15.8. The van der Waals surface area contributed by atoms with E-state index in [0.717, 1.165) is 34.8 Å². The molecule has 1 amide bonds. The number of halogens is 2. The van der Waals surface area contributed by atoms with Gasteiger partial charge in [-0.1, -0.05) is 0 Å². The molecular weight excluding hydrogens is 520 g/mol. The SMILES string of the molecule is C#CCCC(=O)N[C@H]1[C@H]([C@H](OC(C)=O)[C@@H](COC(C)=O)OC(C)=O)O[C@@](F)(C(=O)OC)[C@H](F)[C@@H]1OC(C)=O. The number of rotatable bonds is 11. The molecule has 1 fully saturated rings. The summed E-state index contributed by atoms with van der Waals surface area (Å²) in [5.74, 6) is -8.54. The lowest BCUT2D eigenvalue weighted by molar-refractivity contribution is -0.298. The second-order valence-corrected chi connectivity index (χ2v) is 8.02. The van der Waals surface area contributed by atoms with Crippen molar-refractivity contribution in [1.29, 1.82) is 0 Å². The van der Waals surface area contributed by atoms with Crippen LogP contribution in [0.15, 0.2) is 0 Å². The van der Waals surface area contributed by atoms with Crippen LogP contribution in [0.25, 0.3) is 0 Å². The minimum atomic E-state index is -3.96. The van der Waals surface area contributed by atoms with Gasteiger partial charge in [-0.05, 0) is 0 Å². The predicted molar refractivity (Wildman–Crippen MR) is 119 cm³/mol. The summed E-state index contributed by atoms with van der Waals surface area (Å²) in [5, 5.41) is 2.28. The van der Waals surface area contributed by atoms with Crippen LogP contribution in [0.3, 0.4) is 0 Å². The van der Waals surface area contributed by atoms with Gasteiger partial charge in [-0.25, -0.2) is 9.18 Å². The van der Waals surface area contributed by atoms with Gasteiger partial charge >= 0.3 is 35.7 Å². The van der Waals surface area contributed by atoms with Crippen LogP contribution in [0, 0.1) is 12.3 Å². The molecule has 38 heavy (non-hydrogen) atoms. The molecule has 1 saturated heterocycles. The predicted octanol–water partition coefficient (Wildman–Crippen LogP) is -0.181. The standard InChI is InChI=1S/C23H29F2NO12/c1-7-8-9-16(31)26-17-19(18(36-13(4)29)15(35-12(3)28)10-34-11(2)27)38-23(25,22(32)33-6)21(24)20(17)37-14(5)30/h1,15,17-21H,8-10H2,2-6H3,(H,26,31)/t15-,17+,18-,19-,20-,21-,23-/m1/s1. The number of hydrogen-bond donors (Lipinski definition) is 1. The third-order valence-electron chi connectivity index (χ3n) is 5.01. The Hall–Kier alpha value is -3.80. The van der Waals surface area contributed by atoms with Crippen LogP contribution >= 0.6 is 0 Å². The number of alkyl halides is 2. The summed E-state index contributed by atoms with van der Waals surface area (Å²) < 4.78 is 60.8. The normalized spacial score (nSPS) is 25.9. The molecule has 0 aromatic carbocycles. The number of hydrogen-bond acceptors (Lipinski definition) is 12. The van der Waals surface area contributed by atoms with E-state index >= 15 is 8.78 Å². The van der Waals surface area contributed by atoms with Gasteiger partial charge in [0.15, 0.2) is 18.3 Å². The zero-order valence-electron chi connectivity index (χ0n) is 21.3. The van der Waals surface area contributed by atoms with Gasteiger partial charge < -0.3 is 33.7 Å². The highest BCUT2D eigenvalue weighted by molar-refractivity contribution is 5.80. The number of ether oxygens (including phenoxy) is 6. The molecule has 7 atom stereocenters. The third kappa shape index (κ3) is 8.65. The van der Waals surface area contributed by atoms with E-state index in [-0.39, 0.29) is 12.8 Å². The molecule has 0 unspecified atom stereocenters. The number of methoxy groups -OCH3 is 1. The van der Waals surface area contributed by atoms with Gasteiger partial charge in [-0.3, -0.25) is 24.0 Å². The van der Waals surface area contributed by atoms with Gasteiger partial charge in [0.1, 0.15) is 12.7 Å². The zero-order valence-corrected chi connectivity index (χ0v) is 21.3. The molecule has 0 saturated carbocycles. The van der Waals surface area contributed by atoms with Gasteiger partial charge in [0.05, 0.1) is 13.2 Å². The van der Waals surface area contributed by atoms with Crippen molar-refractivity contribution in [3.63, 3.8) is 0 Å². The fourth-order valence-electron chi connectivity index (χ4n) is 3.58. The van der Waals surface area contributed by atoms with Crippen molar-refractivity contribution in [1.82, 2.24) is 5.32 Å². The molecule has 0 aromatic rings. The average molecular weight is 549 g/mol. The van der Waals surface area contributed by atoms with E-state index in [1.165, 1.54) is 0 Å². The highest BCUT2D eigenvalue weighted by Crippen LogP contribution is 2.39. The van der Waals surface area contributed by atoms with Gasteiger partial charge in [0, 0.05) is 40.5 Å². The summed E-state index contributed by atoms with van der Waals surface area (Å²) in [6, 6.07) is -1.85. The first-order valence-corrected chi connectivity index (χ1v) is 11.1. The minimum absolute atomic E-state index is 0.0769. The maximum Gasteiger partial charge on any atom is 0.375 e. The van der Waals surface area contributed by atoms with Crippen LogP contribution in [0.5, 0.6) is 0 Å². The summed E-state index contributed by atoms with van der Waals surface area (Å²) in [6.45, 7) is 2.92. The molecule has 1 rings (SSSR count). The molecule has 212 valence electrons. The van der Waals surface area contributed by atoms with Crippen LogP contribution < -0.4 is 5.32 Å². The van der Waals surface area contributed by atoms with Crippen molar-refractivity contribution < 1.29 is 66.0 Å². The Labute approximate surface area is 216 Å². The van der Waals surface area contributed by atoms with Crippen LogP contribution in [-0.4, -0.2) is 92.0 Å². The second kappa shape index (κ2) is 14.2. The Morgan fingerprint density at radius 2 is 1.63 bits per heavy atom. The average Bonchev–Trinajstić information content (AvgIpc) is 2.82. The van der Waals surface area contributed by atoms with E-state index in [9.17, 15) is 28.8 Å². The molecule has 1 aliphatic heterocycles. The minimum Gasteiger partial charge on any atom is -0.465 e. The highest BCUT2D eigenvalue weighted by atomic mass is 19.2. The molecule has 13 nitrogen and oxygen atoms in total. The monoisotopic (exact) mass is 549 g/mol. The quantitative estimate of drug-likeness (QED) is 0.205. The van der Waals surface area contributed by atoms with Crippen molar-refractivity contribution in [2.24, 2.45) is 0 Å². The van der Waals surface area contributed by atoms with Crippen LogP contribution in [0.2, 0.25) is 0 Å². The Morgan fingerprint density at radius 1 is 1.03 bits per heavy atom. The molecule has 1 aliphatic rings. The van der Waals surface area contributed by atoms with E-state index < -0.39 is 84.8 Å². The number of terminal acetylenes is 1. The molecule has 0 radical (unpaired) electrons. The summed E-state index contributed by atoms with van der Waals surface area (Å²) in [5.41, 5.74) is 0. The fourth-order valence-corrected chi connectivity index (χ4v) is 3.58. The van der Waals surface area contributed by atoms with Crippen molar-refractivity contribution in [3.8, 4) is 12.3 Å². The molecule has 0 spiro atoms. The largest absolute Gasteiger partial charge is 0.465 e. The summed E-state index contributed by atoms with van der Waals surface area (Å²) in [7, 11) is 0.717. The molecule has 0 aromatic heterocycles. The lowest BCUT2D eigenvalue weighted by atomic mass is 9.87. The first-order chi connectivity index (χ1) is 17.7. The van der Waals surface area contributed by atoms with Crippen LogP contribution in [0.4, 0.5) is 8.78 Å². The molecule has 1 heterocycles. The molecule has 1 N–H and O–H groups in total. The number of carbonyl (C=O) groups excluding carboxylic acids is 6. The van der Waals surface area contributed by atoms with Gasteiger partial charge in [-0.2, -0.15) is 4.39 Å². The number of carbonyl (C=O) groups is 6. The van der Waals surface area contributed by atoms with Crippen molar-refractivity contribution in [2.75, 3.05) is 13.7 Å². The highest BCUT2D eigenvalue weighted by Gasteiger charge is 2.65. The second-order valence-electron chi connectivity index (χ2n) is 8.02. The van der Waals surface area contributed by atoms with Crippen molar-refractivity contribution in [3.05, 3.63) is 0 Å². The smallest absolute Gasteiger partial charge is 0.375 e. The van der Waals surface area contributed by atoms with Crippen LogP contribution in [0.1, 0.15) is 40.5 Å².